The zero-order valence-corrected chi connectivity index (χ0v) is 10.4. The molecule has 0 saturated heterocycles. The quantitative estimate of drug-likeness (QED) is 0.725. The van der Waals surface area contributed by atoms with Crippen LogP contribution in [0.2, 0.25) is 0 Å². The Morgan fingerprint density at radius 2 is 2.17 bits per heavy atom. The molecule has 0 atom stereocenters. The zero-order valence-electron chi connectivity index (χ0n) is 9.62. The van der Waals surface area contributed by atoms with E-state index in [0.717, 1.165) is 5.56 Å². The van der Waals surface area contributed by atoms with Gasteiger partial charge in [0.05, 0.1) is 11.9 Å². The number of nitrogens with zero attached hydrogens (tertiary/aromatic N) is 2. The fourth-order valence-corrected chi connectivity index (χ4v) is 3.37. The average molecular weight is 262 g/mol. The van der Waals surface area contributed by atoms with Gasteiger partial charge in [-0.3, -0.25) is 4.98 Å². The maximum absolute atomic E-state index is 12.3. The number of sulfone groups is 1. The summed E-state index contributed by atoms with van der Waals surface area (Å²) in [5.41, 5.74) is 1.38. The summed E-state index contributed by atoms with van der Waals surface area (Å²) in [5.74, 6) is 0.465. The number of ether oxygens (including phenoxy) is 1. The van der Waals surface area contributed by atoms with Crippen LogP contribution in [-0.4, -0.2) is 18.4 Å². The largest absolute Gasteiger partial charge is 0.436 e. The first-order chi connectivity index (χ1) is 8.56. The molecular formula is C12H10N2O3S. The SMILES string of the molecule is Cc1cnc2c(c1)S(=O)(=O)Cc1ccncc1O2. The number of aryl methyl sites for hydroxylation is 1. The number of rotatable bonds is 0. The first-order valence-corrected chi connectivity index (χ1v) is 7.02. The molecule has 3 rings (SSSR count). The molecule has 0 N–H and O–H groups in total. The van der Waals surface area contributed by atoms with Gasteiger partial charge in [-0.1, -0.05) is 0 Å². The van der Waals surface area contributed by atoms with E-state index in [1.54, 1.807) is 31.5 Å². The van der Waals surface area contributed by atoms with Crippen molar-refractivity contribution in [2.75, 3.05) is 0 Å². The van der Waals surface area contributed by atoms with Crippen LogP contribution in [0.3, 0.4) is 0 Å². The van der Waals surface area contributed by atoms with Gasteiger partial charge in [-0.05, 0) is 24.6 Å². The van der Waals surface area contributed by atoms with Crippen molar-refractivity contribution in [3.63, 3.8) is 0 Å². The first-order valence-electron chi connectivity index (χ1n) is 5.36. The molecular weight excluding hydrogens is 252 g/mol. The predicted octanol–water partition coefficient (Wildman–Crippen LogP) is 1.86. The van der Waals surface area contributed by atoms with Crippen molar-refractivity contribution >= 4 is 9.84 Å². The minimum atomic E-state index is -3.43. The summed E-state index contributed by atoms with van der Waals surface area (Å²) in [4.78, 5) is 8.11. The monoisotopic (exact) mass is 262 g/mol. The van der Waals surface area contributed by atoms with Gasteiger partial charge in [0.2, 0.25) is 5.88 Å². The number of aromatic nitrogens is 2. The summed E-state index contributed by atoms with van der Waals surface area (Å²) in [7, 11) is -3.43. The van der Waals surface area contributed by atoms with E-state index in [2.05, 4.69) is 9.97 Å². The van der Waals surface area contributed by atoms with Gasteiger partial charge in [-0.25, -0.2) is 13.4 Å². The number of pyridine rings is 2. The summed E-state index contributed by atoms with van der Waals surface area (Å²) in [6.07, 6.45) is 4.63. The molecule has 0 saturated carbocycles. The van der Waals surface area contributed by atoms with Gasteiger partial charge < -0.3 is 4.74 Å². The Kier molecular flexibility index (Phi) is 2.34. The lowest BCUT2D eigenvalue weighted by Gasteiger charge is -2.06. The van der Waals surface area contributed by atoms with E-state index < -0.39 is 9.84 Å². The Balaban J connectivity index is 2.28. The lowest BCUT2D eigenvalue weighted by Crippen LogP contribution is -2.04. The average Bonchev–Trinajstić information content (AvgIpc) is 2.43. The Bertz CT molecular complexity index is 726. The maximum Gasteiger partial charge on any atom is 0.238 e. The predicted molar refractivity (Wildman–Crippen MR) is 64.2 cm³/mol. The zero-order chi connectivity index (χ0) is 12.8. The van der Waals surface area contributed by atoms with Gasteiger partial charge in [0.25, 0.3) is 0 Å². The number of fused-ring (bicyclic) bond motifs is 2. The van der Waals surface area contributed by atoms with Crippen molar-refractivity contribution in [1.29, 1.82) is 0 Å². The Morgan fingerprint density at radius 1 is 1.33 bits per heavy atom. The van der Waals surface area contributed by atoms with Crippen LogP contribution in [0.1, 0.15) is 11.1 Å². The minimum Gasteiger partial charge on any atom is -0.436 e. The second-order valence-corrected chi connectivity index (χ2v) is 6.12. The van der Waals surface area contributed by atoms with Gasteiger partial charge in [-0.2, -0.15) is 0 Å². The fourth-order valence-electron chi connectivity index (χ4n) is 1.84. The van der Waals surface area contributed by atoms with E-state index in [1.807, 2.05) is 0 Å². The molecule has 0 aliphatic carbocycles. The molecule has 1 aliphatic rings. The molecule has 92 valence electrons. The van der Waals surface area contributed by atoms with Crippen molar-refractivity contribution in [2.24, 2.45) is 0 Å². The molecule has 5 nitrogen and oxygen atoms in total. The van der Waals surface area contributed by atoms with Crippen LogP contribution in [0.15, 0.2) is 35.6 Å². The van der Waals surface area contributed by atoms with E-state index in [4.69, 9.17) is 4.74 Å². The van der Waals surface area contributed by atoms with Crippen LogP contribution in [-0.2, 0) is 15.6 Å². The van der Waals surface area contributed by atoms with Crippen molar-refractivity contribution in [3.8, 4) is 11.6 Å². The molecule has 0 unspecified atom stereocenters. The summed E-state index contributed by atoms with van der Waals surface area (Å²) >= 11 is 0. The highest BCUT2D eigenvalue weighted by Gasteiger charge is 2.27. The molecule has 2 aromatic heterocycles. The lowest BCUT2D eigenvalue weighted by molar-refractivity contribution is 0.445. The standard InChI is InChI=1S/C12H10N2O3S/c1-8-4-11-12(14-5-8)17-10-6-13-3-2-9(10)7-18(11,15)16/h2-6H,7H2,1H3. The van der Waals surface area contributed by atoms with Crippen molar-refractivity contribution in [3.05, 3.63) is 41.9 Å². The second kappa shape index (κ2) is 3.78. The third kappa shape index (κ3) is 1.74. The third-order valence-corrected chi connectivity index (χ3v) is 4.37. The van der Waals surface area contributed by atoms with Crippen LogP contribution < -0.4 is 4.74 Å². The van der Waals surface area contributed by atoms with Gasteiger partial charge >= 0.3 is 0 Å². The highest BCUT2D eigenvalue weighted by atomic mass is 32.2. The summed E-state index contributed by atoms with van der Waals surface area (Å²) < 4.78 is 30.1. The van der Waals surface area contributed by atoms with Gasteiger partial charge in [0.15, 0.2) is 15.6 Å². The molecule has 18 heavy (non-hydrogen) atoms. The Labute approximate surface area is 104 Å². The van der Waals surface area contributed by atoms with Crippen LogP contribution in [0.4, 0.5) is 0 Å². The lowest BCUT2D eigenvalue weighted by atomic mass is 10.3. The van der Waals surface area contributed by atoms with Crippen LogP contribution in [0.25, 0.3) is 0 Å². The van der Waals surface area contributed by atoms with Crippen molar-refractivity contribution in [1.82, 2.24) is 9.97 Å². The van der Waals surface area contributed by atoms with Crippen LogP contribution in [0, 0.1) is 6.92 Å². The molecule has 0 fully saturated rings. The molecule has 0 amide bonds. The summed E-state index contributed by atoms with van der Waals surface area (Å²) in [6, 6.07) is 3.22. The third-order valence-electron chi connectivity index (χ3n) is 2.71. The van der Waals surface area contributed by atoms with E-state index in [9.17, 15) is 8.42 Å². The van der Waals surface area contributed by atoms with E-state index in [0.29, 0.717) is 11.3 Å². The van der Waals surface area contributed by atoms with Gasteiger partial charge in [0.1, 0.15) is 4.90 Å². The molecule has 3 heterocycles. The highest BCUT2D eigenvalue weighted by Crippen LogP contribution is 2.35. The topological polar surface area (TPSA) is 69.2 Å². The van der Waals surface area contributed by atoms with Crippen LogP contribution >= 0.6 is 0 Å². The summed E-state index contributed by atoms with van der Waals surface area (Å²) in [6.45, 7) is 1.79. The maximum atomic E-state index is 12.3. The van der Waals surface area contributed by atoms with Crippen molar-refractivity contribution in [2.45, 2.75) is 17.6 Å². The van der Waals surface area contributed by atoms with E-state index in [1.165, 1.54) is 6.20 Å². The fraction of sp³-hybridized carbons (Fsp3) is 0.167. The molecule has 0 bridgehead atoms. The minimum absolute atomic E-state index is 0.0943. The molecule has 0 aromatic carbocycles. The second-order valence-electron chi connectivity index (χ2n) is 4.16. The molecule has 0 spiro atoms. The first kappa shape index (κ1) is 11.2. The molecule has 1 aliphatic heterocycles. The summed E-state index contributed by atoms with van der Waals surface area (Å²) in [5, 5.41) is 0. The van der Waals surface area contributed by atoms with Gasteiger partial charge in [0, 0.05) is 18.0 Å². The van der Waals surface area contributed by atoms with E-state index in [-0.39, 0.29) is 16.5 Å². The molecule has 2 aromatic rings. The molecule has 0 radical (unpaired) electrons. The number of hydrogen-bond acceptors (Lipinski definition) is 5. The molecule has 6 heteroatoms. The Morgan fingerprint density at radius 3 is 3.00 bits per heavy atom. The number of hydrogen-bond donors (Lipinski definition) is 0. The van der Waals surface area contributed by atoms with E-state index >= 15 is 0 Å². The van der Waals surface area contributed by atoms with Crippen molar-refractivity contribution < 1.29 is 13.2 Å². The Hall–Kier alpha value is -1.95. The highest BCUT2D eigenvalue weighted by molar-refractivity contribution is 7.90. The van der Waals surface area contributed by atoms with Crippen LogP contribution in [0.5, 0.6) is 11.6 Å². The smallest absolute Gasteiger partial charge is 0.238 e. The van der Waals surface area contributed by atoms with Gasteiger partial charge in [-0.15, -0.1) is 0 Å². The normalized spacial score (nSPS) is 16.1.